The van der Waals surface area contributed by atoms with Crippen LogP contribution in [-0.2, 0) is 14.8 Å². The second-order valence-corrected chi connectivity index (χ2v) is 8.71. The molecule has 27 heavy (non-hydrogen) atoms. The standard InChI is InChI=1S/C17H24N6O3S/c1-3-13(2)19-17(24)14-5-4-10-22(11-14)27(25,26)16-8-6-15(7-9-16)23-12-18-20-21-23/h6-9,12-14H,3-5,10-11H2,1-2H3,(H,19,24)/t13-,14-/m0/s1. The molecule has 2 heterocycles. The molecule has 10 heteroatoms. The number of carbonyl (C=O) groups is 1. The van der Waals surface area contributed by atoms with Crippen molar-refractivity contribution in [3.05, 3.63) is 30.6 Å². The number of nitrogens with one attached hydrogen (secondary N) is 1. The van der Waals surface area contributed by atoms with E-state index >= 15 is 0 Å². The van der Waals surface area contributed by atoms with Gasteiger partial charge in [0, 0.05) is 19.1 Å². The molecule has 1 saturated heterocycles. The van der Waals surface area contributed by atoms with E-state index in [0.717, 1.165) is 6.42 Å². The van der Waals surface area contributed by atoms with Gasteiger partial charge in [-0.1, -0.05) is 6.92 Å². The highest BCUT2D eigenvalue weighted by Crippen LogP contribution is 2.24. The number of benzene rings is 1. The van der Waals surface area contributed by atoms with Crippen molar-refractivity contribution in [2.24, 2.45) is 5.92 Å². The number of amides is 1. The highest BCUT2D eigenvalue weighted by atomic mass is 32.2. The van der Waals surface area contributed by atoms with Crippen LogP contribution in [0.15, 0.2) is 35.5 Å². The molecule has 0 bridgehead atoms. The largest absolute Gasteiger partial charge is 0.353 e. The predicted molar refractivity (Wildman–Crippen MR) is 98.5 cm³/mol. The van der Waals surface area contributed by atoms with Crippen molar-refractivity contribution in [2.75, 3.05) is 13.1 Å². The van der Waals surface area contributed by atoms with Crippen molar-refractivity contribution in [1.82, 2.24) is 29.8 Å². The van der Waals surface area contributed by atoms with Gasteiger partial charge in [-0.25, -0.2) is 13.1 Å². The number of carbonyl (C=O) groups excluding carboxylic acids is 1. The monoisotopic (exact) mass is 392 g/mol. The van der Waals surface area contributed by atoms with E-state index in [1.807, 2.05) is 13.8 Å². The number of sulfonamides is 1. The Hall–Kier alpha value is -2.33. The molecule has 1 aromatic heterocycles. The molecule has 0 saturated carbocycles. The molecule has 1 amide bonds. The van der Waals surface area contributed by atoms with Crippen molar-refractivity contribution in [1.29, 1.82) is 0 Å². The number of hydrogen-bond donors (Lipinski definition) is 1. The third-order valence-corrected chi connectivity index (χ3v) is 6.72. The van der Waals surface area contributed by atoms with Crippen molar-refractivity contribution in [2.45, 2.75) is 44.0 Å². The van der Waals surface area contributed by atoms with Crippen molar-refractivity contribution in [3.8, 4) is 5.69 Å². The van der Waals surface area contributed by atoms with Gasteiger partial charge in [0.1, 0.15) is 6.33 Å². The van der Waals surface area contributed by atoms with E-state index in [4.69, 9.17) is 0 Å². The van der Waals surface area contributed by atoms with Gasteiger partial charge in [-0.15, -0.1) is 5.10 Å². The number of tetrazole rings is 1. The molecular weight excluding hydrogens is 368 g/mol. The summed E-state index contributed by atoms with van der Waals surface area (Å²) in [6.45, 7) is 4.58. The Morgan fingerprint density at radius 1 is 1.33 bits per heavy atom. The Bertz CT molecular complexity index is 867. The molecule has 1 aliphatic heterocycles. The number of nitrogens with zero attached hydrogens (tertiary/aromatic N) is 5. The van der Waals surface area contributed by atoms with Crippen LogP contribution in [0, 0.1) is 5.92 Å². The summed E-state index contributed by atoms with van der Waals surface area (Å²) >= 11 is 0. The minimum Gasteiger partial charge on any atom is -0.353 e. The van der Waals surface area contributed by atoms with Crippen LogP contribution in [0.25, 0.3) is 5.69 Å². The highest BCUT2D eigenvalue weighted by Gasteiger charge is 2.33. The molecule has 1 N–H and O–H groups in total. The first-order valence-electron chi connectivity index (χ1n) is 9.05. The molecule has 1 aromatic carbocycles. The van der Waals surface area contributed by atoms with E-state index in [1.54, 1.807) is 12.1 Å². The SMILES string of the molecule is CC[C@H](C)NC(=O)[C@H]1CCCN(S(=O)(=O)c2ccc(-n3cnnn3)cc2)C1. The first-order chi connectivity index (χ1) is 12.9. The van der Waals surface area contributed by atoms with Gasteiger partial charge in [-0.05, 0) is 60.9 Å². The Labute approximate surface area is 158 Å². The minimum atomic E-state index is -3.66. The fourth-order valence-electron chi connectivity index (χ4n) is 3.04. The highest BCUT2D eigenvalue weighted by molar-refractivity contribution is 7.89. The zero-order valence-corrected chi connectivity index (χ0v) is 16.3. The molecule has 2 aromatic rings. The molecule has 1 aliphatic rings. The third-order valence-electron chi connectivity index (χ3n) is 4.84. The summed E-state index contributed by atoms with van der Waals surface area (Å²) in [7, 11) is -3.66. The maximum atomic E-state index is 13.0. The molecule has 0 radical (unpaired) electrons. The van der Waals surface area contributed by atoms with Gasteiger partial charge in [0.25, 0.3) is 0 Å². The smallest absolute Gasteiger partial charge is 0.243 e. The van der Waals surface area contributed by atoms with Gasteiger partial charge in [-0.3, -0.25) is 4.79 Å². The minimum absolute atomic E-state index is 0.0710. The normalized spacial score (nSPS) is 19.6. The summed E-state index contributed by atoms with van der Waals surface area (Å²) in [5.74, 6) is -0.388. The summed E-state index contributed by atoms with van der Waals surface area (Å²) in [5, 5.41) is 13.9. The molecule has 1 fully saturated rings. The summed E-state index contributed by atoms with van der Waals surface area (Å²) in [6, 6.07) is 6.47. The number of aromatic nitrogens is 4. The van der Waals surface area contributed by atoms with E-state index in [9.17, 15) is 13.2 Å². The molecule has 2 atom stereocenters. The maximum Gasteiger partial charge on any atom is 0.243 e. The predicted octanol–water partition coefficient (Wildman–Crippen LogP) is 0.978. The Kier molecular flexibility index (Phi) is 5.85. The van der Waals surface area contributed by atoms with Gasteiger partial charge < -0.3 is 5.32 Å². The van der Waals surface area contributed by atoms with Crippen LogP contribution < -0.4 is 5.32 Å². The molecule has 146 valence electrons. The first-order valence-corrected chi connectivity index (χ1v) is 10.5. The Morgan fingerprint density at radius 3 is 2.70 bits per heavy atom. The van der Waals surface area contributed by atoms with Crippen LogP contribution in [0.4, 0.5) is 0 Å². The van der Waals surface area contributed by atoms with Crippen LogP contribution in [-0.4, -0.2) is 58.0 Å². The quantitative estimate of drug-likeness (QED) is 0.785. The van der Waals surface area contributed by atoms with Crippen LogP contribution in [0.2, 0.25) is 0 Å². The van der Waals surface area contributed by atoms with E-state index in [-0.39, 0.29) is 29.3 Å². The summed E-state index contributed by atoms with van der Waals surface area (Å²) in [6.07, 6.45) is 3.65. The van der Waals surface area contributed by atoms with Gasteiger partial charge >= 0.3 is 0 Å². The van der Waals surface area contributed by atoms with E-state index < -0.39 is 10.0 Å². The second kappa shape index (κ2) is 8.13. The lowest BCUT2D eigenvalue weighted by atomic mass is 9.98. The molecule has 3 rings (SSSR count). The molecule has 0 unspecified atom stereocenters. The average molecular weight is 392 g/mol. The Morgan fingerprint density at radius 2 is 2.07 bits per heavy atom. The van der Waals surface area contributed by atoms with Crippen molar-refractivity contribution < 1.29 is 13.2 Å². The molecule has 0 spiro atoms. The van der Waals surface area contributed by atoms with Gasteiger partial charge in [0.2, 0.25) is 15.9 Å². The van der Waals surface area contributed by atoms with Crippen molar-refractivity contribution >= 4 is 15.9 Å². The Balaban J connectivity index is 1.73. The van der Waals surface area contributed by atoms with Gasteiger partial charge in [-0.2, -0.15) is 4.31 Å². The molecule has 9 nitrogen and oxygen atoms in total. The maximum absolute atomic E-state index is 13.0. The number of hydrogen-bond acceptors (Lipinski definition) is 6. The fourth-order valence-corrected chi connectivity index (χ4v) is 4.56. The van der Waals surface area contributed by atoms with Gasteiger partial charge in [0.15, 0.2) is 0 Å². The summed E-state index contributed by atoms with van der Waals surface area (Å²) in [5.41, 5.74) is 0.670. The summed E-state index contributed by atoms with van der Waals surface area (Å²) in [4.78, 5) is 12.6. The van der Waals surface area contributed by atoms with Crippen LogP contribution in [0.1, 0.15) is 33.1 Å². The average Bonchev–Trinajstić information content (AvgIpc) is 3.23. The lowest BCUT2D eigenvalue weighted by molar-refractivity contribution is -0.126. The summed E-state index contributed by atoms with van der Waals surface area (Å²) < 4.78 is 28.8. The zero-order valence-electron chi connectivity index (χ0n) is 15.4. The zero-order chi connectivity index (χ0) is 19.4. The topological polar surface area (TPSA) is 110 Å². The van der Waals surface area contributed by atoms with E-state index in [0.29, 0.717) is 25.1 Å². The first kappa shape index (κ1) is 19.4. The van der Waals surface area contributed by atoms with E-state index in [2.05, 4.69) is 20.8 Å². The molecular formula is C17H24N6O3S. The lowest BCUT2D eigenvalue weighted by Crippen LogP contribution is -2.46. The second-order valence-electron chi connectivity index (χ2n) is 6.77. The van der Waals surface area contributed by atoms with E-state index in [1.165, 1.54) is 27.4 Å². The fraction of sp³-hybridized carbons (Fsp3) is 0.529. The van der Waals surface area contributed by atoms with Crippen molar-refractivity contribution in [3.63, 3.8) is 0 Å². The van der Waals surface area contributed by atoms with Gasteiger partial charge in [0.05, 0.1) is 16.5 Å². The number of piperidine rings is 1. The molecule has 0 aliphatic carbocycles. The van der Waals surface area contributed by atoms with Crippen LogP contribution in [0.3, 0.4) is 0 Å². The third kappa shape index (κ3) is 4.33. The van der Waals surface area contributed by atoms with Crippen LogP contribution >= 0.6 is 0 Å². The van der Waals surface area contributed by atoms with Crippen LogP contribution in [0.5, 0.6) is 0 Å². The number of rotatable bonds is 6. The lowest BCUT2D eigenvalue weighted by Gasteiger charge is -2.31.